The second-order valence-electron chi connectivity index (χ2n) is 10.4. The number of hydrogen-bond acceptors (Lipinski definition) is 6. The van der Waals surface area contributed by atoms with Gasteiger partial charge < -0.3 is 20.6 Å². The summed E-state index contributed by atoms with van der Waals surface area (Å²) in [5, 5.41) is 13.2. The molecule has 0 spiro atoms. The van der Waals surface area contributed by atoms with Crippen molar-refractivity contribution < 1.29 is 19.5 Å². The van der Waals surface area contributed by atoms with E-state index >= 15 is 0 Å². The number of nitrogens with zero attached hydrogens (tertiary/aromatic N) is 4. The average Bonchev–Trinajstić information content (AvgIpc) is 2.97. The second-order valence-corrected chi connectivity index (χ2v) is 10.4. The van der Waals surface area contributed by atoms with Crippen LogP contribution in [0.15, 0.2) is 91.5 Å². The zero-order valence-corrected chi connectivity index (χ0v) is 22.9. The predicted molar refractivity (Wildman–Crippen MR) is 156 cm³/mol. The number of anilines is 1. The van der Waals surface area contributed by atoms with Gasteiger partial charge in [-0.25, -0.2) is 10.0 Å². The molecule has 2 aliphatic rings. The fourth-order valence-electron chi connectivity index (χ4n) is 5.65. The van der Waals surface area contributed by atoms with Crippen molar-refractivity contribution in [3.05, 3.63) is 108 Å². The first kappa shape index (κ1) is 27.9. The summed E-state index contributed by atoms with van der Waals surface area (Å²) in [4.78, 5) is 44.8. The van der Waals surface area contributed by atoms with E-state index in [1.807, 2.05) is 48.5 Å². The van der Waals surface area contributed by atoms with Gasteiger partial charge in [-0.15, -0.1) is 6.58 Å². The standard InChI is InChI=1S/C32H35N5O4/c1-2-18-35-22-31(40)36-28(19-24-12-15-26(38)16-13-24)32(41)34(20-25-10-6-7-11-27(25)33)21-29(36)37(35)30(39)17-14-23-8-4-3-5-9-23/h2-13,15-16,28-29,38H,1,14,17-22,33H2/t28-,29-/m0/s1. The predicted octanol–water partition coefficient (Wildman–Crippen LogP) is 2.96. The number of phenolic OH excluding ortho intramolecular Hbond substituents is 1. The number of amides is 3. The maximum atomic E-state index is 14.0. The molecule has 0 radical (unpaired) electrons. The number of fused-ring (bicyclic) bond motifs is 1. The van der Waals surface area contributed by atoms with Gasteiger partial charge in [-0.2, -0.15) is 0 Å². The topological polar surface area (TPSA) is 110 Å². The van der Waals surface area contributed by atoms with Crippen LogP contribution in [0.4, 0.5) is 5.69 Å². The number of benzene rings is 3. The number of piperazine rings is 1. The Balaban J connectivity index is 1.50. The molecule has 9 nitrogen and oxygen atoms in total. The molecular weight excluding hydrogens is 518 g/mol. The number of hydrazine groups is 1. The fraction of sp³-hybridized carbons (Fsp3) is 0.281. The van der Waals surface area contributed by atoms with Crippen molar-refractivity contribution in [1.82, 2.24) is 19.8 Å². The lowest BCUT2D eigenvalue weighted by Crippen LogP contribution is -2.75. The Bertz CT molecular complexity index is 1410. The molecule has 212 valence electrons. The minimum absolute atomic E-state index is 0.0371. The lowest BCUT2D eigenvalue weighted by Gasteiger charge is -2.55. The SMILES string of the molecule is C=CCN1CC(=O)N2[C@@H](Cc3ccc(O)cc3)C(=O)N(Cc3ccccc3N)C[C@@H]2N1C(=O)CCc1ccccc1. The Labute approximate surface area is 240 Å². The molecular formula is C32H35N5O4. The number of carbonyl (C=O) groups excluding carboxylic acids is 3. The van der Waals surface area contributed by atoms with E-state index in [1.54, 1.807) is 56.2 Å². The van der Waals surface area contributed by atoms with Crippen molar-refractivity contribution in [1.29, 1.82) is 0 Å². The number of aromatic hydroxyl groups is 1. The minimum Gasteiger partial charge on any atom is -0.508 e. The van der Waals surface area contributed by atoms with Crippen molar-refractivity contribution in [2.75, 3.05) is 25.4 Å². The quantitative estimate of drug-likeness (QED) is 0.312. The highest BCUT2D eigenvalue weighted by molar-refractivity contribution is 5.92. The maximum absolute atomic E-state index is 14.0. The van der Waals surface area contributed by atoms with Gasteiger partial charge >= 0.3 is 0 Å². The zero-order chi connectivity index (χ0) is 28.9. The molecule has 0 saturated carbocycles. The molecule has 2 atom stereocenters. The van der Waals surface area contributed by atoms with Gasteiger partial charge in [0.25, 0.3) is 0 Å². The molecule has 3 aromatic rings. The molecule has 2 fully saturated rings. The Kier molecular flexibility index (Phi) is 8.35. The number of rotatable bonds is 9. The van der Waals surface area contributed by atoms with E-state index in [1.165, 1.54) is 0 Å². The van der Waals surface area contributed by atoms with Crippen molar-refractivity contribution in [3.63, 3.8) is 0 Å². The van der Waals surface area contributed by atoms with E-state index in [4.69, 9.17) is 5.73 Å². The minimum atomic E-state index is -0.828. The van der Waals surface area contributed by atoms with Crippen LogP contribution in [0.1, 0.15) is 23.1 Å². The number of phenols is 1. The highest BCUT2D eigenvalue weighted by Gasteiger charge is 2.51. The lowest BCUT2D eigenvalue weighted by molar-refractivity contribution is -0.205. The molecule has 41 heavy (non-hydrogen) atoms. The summed E-state index contributed by atoms with van der Waals surface area (Å²) in [6, 6.07) is 23.0. The van der Waals surface area contributed by atoms with Crippen LogP contribution in [0, 0.1) is 0 Å². The van der Waals surface area contributed by atoms with Gasteiger partial charge in [0.1, 0.15) is 18.0 Å². The van der Waals surface area contributed by atoms with E-state index in [-0.39, 0.29) is 55.9 Å². The number of para-hydroxylation sites is 1. The number of carbonyl (C=O) groups is 3. The molecule has 3 amide bonds. The van der Waals surface area contributed by atoms with E-state index in [0.29, 0.717) is 18.7 Å². The van der Waals surface area contributed by atoms with Gasteiger partial charge in [0.05, 0.1) is 13.1 Å². The molecule has 2 aliphatic heterocycles. The Morgan fingerprint density at radius 3 is 2.39 bits per heavy atom. The van der Waals surface area contributed by atoms with Gasteiger partial charge in [0.2, 0.25) is 17.7 Å². The Morgan fingerprint density at radius 1 is 0.976 bits per heavy atom. The van der Waals surface area contributed by atoms with Crippen LogP contribution in [0.5, 0.6) is 5.75 Å². The first-order chi connectivity index (χ1) is 19.9. The second kappa shape index (κ2) is 12.3. The summed E-state index contributed by atoms with van der Waals surface area (Å²) in [5.74, 6) is -0.443. The van der Waals surface area contributed by atoms with Gasteiger partial charge in [0.15, 0.2) is 0 Å². The van der Waals surface area contributed by atoms with Crippen molar-refractivity contribution in [2.24, 2.45) is 0 Å². The van der Waals surface area contributed by atoms with Crippen LogP contribution < -0.4 is 5.73 Å². The summed E-state index contributed by atoms with van der Waals surface area (Å²) < 4.78 is 0. The van der Waals surface area contributed by atoms with Crippen LogP contribution in [-0.2, 0) is 33.8 Å². The molecule has 3 N–H and O–H groups in total. The van der Waals surface area contributed by atoms with Crippen LogP contribution in [0.25, 0.3) is 0 Å². The molecule has 2 heterocycles. The van der Waals surface area contributed by atoms with Gasteiger partial charge in [0, 0.05) is 31.6 Å². The molecule has 9 heteroatoms. The van der Waals surface area contributed by atoms with Gasteiger partial charge in [-0.3, -0.25) is 14.4 Å². The molecule has 0 aromatic heterocycles. The van der Waals surface area contributed by atoms with E-state index in [2.05, 4.69) is 6.58 Å². The highest BCUT2D eigenvalue weighted by atomic mass is 16.3. The summed E-state index contributed by atoms with van der Waals surface area (Å²) >= 11 is 0. The first-order valence-electron chi connectivity index (χ1n) is 13.8. The molecule has 2 saturated heterocycles. The van der Waals surface area contributed by atoms with E-state index < -0.39 is 12.2 Å². The summed E-state index contributed by atoms with van der Waals surface area (Å²) in [5.41, 5.74) is 9.44. The lowest BCUT2D eigenvalue weighted by atomic mass is 9.98. The number of hydrogen-bond donors (Lipinski definition) is 2. The monoisotopic (exact) mass is 553 g/mol. The van der Waals surface area contributed by atoms with Crippen LogP contribution in [0.2, 0.25) is 0 Å². The number of nitrogen functional groups attached to an aromatic ring is 1. The highest BCUT2D eigenvalue weighted by Crippen LogP contribution is 2.30. The van der Waals surface area contributed by atoms with Gasteiger partial charge in [-0.05, 0) is 41.3 Å². The van der Waals surface area contributed by atoms with Crippen molar-refractivity contribution in [3.8, 4) is 5.75 Å². The normalized spacial score (nSPS) is 19.3. The summed E-state index contributed by atoms with van der Waals surface area (Å²) in [6.45, 7) is 4.52. The number of nitrogens with two attached hydrogens (primary N) is 1. The fourth-order valence-corrected chi connectivity index (χ4v) is 5.65. The summed E-state index contributed by atoms with van der Waals surface area (Å²) in [7, 11) is 0. The third kappa shape index (κ3) is 6.10. The van der Waals surface area contributed by atoms with E-state index in [0.717, 1.165) is 16.7 Å². The zero-order valence-electron chi connectivity index (χ0n) is 22.9. The molecule has 3 aromatic carbocycles. The third-order valence-corrected chi connectivity index (χ3v) is 7.68. The molecule has 0 bridgehead atoms. The maximum Gasteiger partial charge on any atom is 0.246 e. The molecule has 0 aliphatic carbocycles. The Hall–Kier alpha value is -4.63. The molecule has 5 rings (SSSR count). The number of aryl methyl sites for hydroxylation is 1. The largest absolute Gasteiger partial charge is 0.508 e. The van der Waals surface area contributed by atoms with Crippen molar-refractivity contribution in [2.45, 2.75) is 38.0 Å². The smallest absolute Gasteiger partial charge is 0.246 e. The van der Waals surface area contributed by atoms with Crippen LogP contribution in [-0.4, -0.2) is 74.5 Å². The molecule has 0 unspecified atom stereocenters. The van der Waals surface area contributed by atoms with Gasteiger partial charge in [-0.1, -0.05) is 66.7 Å². The van der Waals surface area contributed by atoms with Crippen LogP contribution >= 0.6 is 0 Å². The van der Waals surface area contributed by atoms with Crippen LogP contribution in [0.3, 0.4) is 0 Å². The third-order valence-electron chi connectivity index (χ3n) is 7.68. The average molecular weight is 554 g/mol. The first-order valence-corrected chi connectivity index (χ1v) is 13.8. The summed E-state index contributed by atoms with van der Waals surface area (Å²) in [6.07, 6.45) is 2.03. The van der Waals surface area contributed by atoms with E-state index in [9.17, 15) is 19.5 Å². The van der Waals surface area contributed by atoms with Crippen molar-refractivity contribution >= 4 is 23.4 Å². The Morgan fingerprint density at radius 2 is 1.68 bits per heavy atom.